The van der Waals surface area contributed by atoms with Crippen molar-refractivity contribution in [3.05, 3.63) is 29.4 Å². The Hall–Kier alpha value is -1.71. The van der Waals surface area contributed by atoms with E-state index in [1.807, 2.05) is 0 Å². The Kier molecular flexibility index (Phi) is 1.40. The predicted molar refractivity (Wildman–Crippen MR) is 39.5 cm³/mol. The summed E-state index contributed by atoms with van der Waals surface area (Å²) >= 11 is 0. The third kappa shape index (κ3) is 0.887. The van der Waals surface area contributed by atoms with Crippen LogP contribution in [0, 0.1) is 0 Å². The van der Waals surface area contributed by atoms with E-state index in [0.717, 1.165) is 0 Å². The lowest BCUT2D eigenvalue weighted by atomic mass is 10.1. The van der Waals surface area contributed by atoms with E-state index in [9.17, 15) is 4.79 Å². The Morgan fingerprint density at radius 2 is 2.42 bits per heavy atom. The van der Waals surface area contributed by atoms with Crippen molar-refractivity contribution in [2.24, 2.45) is 0 Å². The summed E-state index contributed by atoms with van der Waals surface area (Å²) in [5.74, 6) is -0.419. The molecule has 0 radical (unpaired) electrons. The summed E-state index contributed by atoms with van der Waals surface area (Å²) in [6.07, 6.45) is 4.31. The Balaban J connectivity index is 2.53. The zero-order valence-corrected chi connectivity index (χ0v) is 6.11. The summed E-state index contributed by atoms with van der Waals surface area (Å²) in [5.41, 5.74) is 0.777. The highest BCUT2D eigenvalue weighted by Gasteiger charge is 2.19. The van der Waals surface area contributed by atoms with E-state index in [4.69, 9.17) is 14.3 Å². The molecule has 0 spiro atoms. The molecular weight excluding hydrogens is 160 g/mol. The van der Waals surface area contributed by atoms with Crippen LogP contribution in [0.3, 0.4) is 0 Å². The van der Waals surface area contributed by atoms with Gasteiger partial charge in [-0.1, -0.05) is 0 Å². The third-order valence-corrected chi connectivity index (χ3v) is 1.70. The maximum atomic E-state index is 10.6. The van der Waals surface area contributed by atoms with Gasteiger partial charge in [0.1, 0.15) is 24.2 Å². The number of furan rings is 1. The van der Waals surface area contributed by atoms with Gasteiger partial charge in [-0.05, 0) is 0 Å². The van der Waals surface area contributed by atoms with Gasteiger partial charge in [0.15, 0.2) is 0 Å². The lowest BCUT2D eigenvalue weighted by Gasteiger charge is -2.05. The molecule has 4 nitrogen and oxygen atoms in total. The smallest absolute Gasteiger partial charge is 0.339 e. The van der Waals surface area contributed by atoms with Crippen LogP contribution in [0.4, 0.5) is 0 Å². The summed E-state index contributed by atoms with van der Waals surface area (Å²) < 4.78 is 9.94. The van der Waals surface area contributed by atoms with Gasteiger partial charge in [-0.2, -0.15) is 0 Å². The largest absolute Gasteiger partial charge is 0.496 e. The molecule has 1 aromatic heterocycles. The average Bonchev–Trinajstić information content (AvgIpc) is 2.47. The van der Waals surface area contributed by atoms with Crippen LogP contribution in [0.15, 0.2) is 16.9 Å². The van der Waals surface area contributed by atoms with E-state index in [2.05, 4.69) is 0 Å². The Labute approximate surface area is 68.1 Å². The molecule has 0 amide bonds. The van der Waals surface area contributed by atoms with Crippen LogP contribution in [-0.2, 0) is 11.3 Å². The van der Waals surface area contributed by atoms with Crippen molar-refractivity contribution in [2.45, 2.75) is 6.61 Å². The van der Waals surface area contributed by atoms with E-state index in [0.29, 0.717) is 11.3 Å². The molecule has 0 saturated carbocycles. The lowest BCUT2D eigenvalue weighted by Crippen LogP contribution is -2.02. The second-order valence-electron chi connectivity index (χ2n) is 2.41. The SMILES string of the molecule is O=C(O)c1coc2c1COC=C2. The van der Waals surface area contributed by atoms with Crippen LogP contribution in [-0.4, -0.2) is 11.1 Å². The number of rotatable bonds is 1. The minimum absolute atomic E-state index is 0.175. The van der Waals surface area contributed by atoms with E-state index in [1.54, 1.807) is 6.08 Å². The Morgan fingerprint density at radius 3 is 3.17 bits per heavy atom. The summed E-state index contributed by atoms with van der Waals surface area (Å²) in [4.78, 5) is 10.6. The lowest BCUT2D eigenvalue weighted by molar-refractivity contribution is 0.0692. The molecule has 1 N–H and O–H groups in total. The first-order chi connectivity index (χ1) is 5.79. The maximum absolute atomic E-state index is 10.6. The summed E-state index contributed by atoms with van der Waals surface area (Å²) in [6, 6.07) is 0. The van der Waals surface area contributed by atoms with Gasteiger partial charge in [-0.25, -0.2) is 4.79 Å². The number of aromatic carboxylic acids is 1. The number of fused-ring (bicyclic) bond motifs is 1. The van der Waals surface area contributed by atoms with Crippen molar-refractivity contribution in [3.63, 3.8) is 0 Å². The van der Waals surface area contributed by atoms with Gasteiger partial charge in [0.25, 0.3) is 0 Å². The van der Waals surface area contributed by atoms with Crippen LogP contribution in [0.5, 0.6) is 0 Å². The standard InChI is InChI=1S/C8H6O4/c9-8(10)6-4-12-7-1-2-11-3-5(6)7/h1-2,4H,3H2,(H,9,10). The van der Waals surface area contributed by atoms with Crippen molar-refractivity contribution in [1.29, 1.82) is 0 Å². The van der Waals surface area contributed by atoms with Gasteiger partial charge in [-0.15, -0.1) is 0 Å². The molecule has 0 atom stereocenters. The zero-order valence-electron chi connectivity index (χ0n) is 6.11. The first kappa shape index (κ1) is 6.97. The minimum atomic E-state index is -0.987. The molecule has 0 aromatic carbocycles. The van der Waals surface area contributed by atoms with Crippen molar-refractivity contribution in [1.82, 2.24) is 0 Å². The van der Waals surface area contributed by atoms with Crippen LogP contribution < -0.4 is 0 Å². The van der Waals surface area contributed by atoms with Gasteiger partial charge in [-0.3, -0.25) is 0 Å². The fourth-order valence-electron chi connectivity index (χ4n) is 1.11. The second kappa shape index (κ2) is 2.41. The average molecular weight is 166 g/mol. The molecule has 4 heteroatoms. The summed E-state index contributed by atoms with van der Waals surface area (Å²) in [6.45, 7) is 0.268. The molecule has 0 aliphatic carbocycles. The van der Waals surface area contributed by atoms with Gasteiger partial charge in [0.2, 0.25) is 0 Å². The van der Waals surface area contributed by atoms with E-state index in [1.165, 1.54) is 12.5 Å². The van der Waals surface area contributed by atoms with Crippen molar-refractivity contribution < 1.29 is 19.1 Å². The number of carbonyl (C=O) groups is 1. The highest BCUT2D eigenvalue weighted by Crippen LogP contribution is 2.23. The molecular formula is C8H6O4. The summed E-state index contributed by atoms with van der Waals surface area (Å²) in [7, 11) is 0. The molecule has 62 valence electrons. The molecule has 2 rings (SSSR count). The quantitative estimate of drug-likeness (QED) is 0.686. The van der Waals surface area contributed by atoms with Gasteiger partial charge in [0, 0.05) is 11.6 Å². The third-order valence-electron chi connectivity index (χ3n) is 1.70. The molecule has 0 unspecified atom stereocenters. The number of carboxylic acid groups (broad SMARTS) is 1. The van der Waals surface area contributed by atoms with E-state index in [-0.39, 0.29) is 12.2 Å². The van der Waals surface area contributed by atoms with Crippen LogP contribution in [0.1, 0.15) is 21.7 Å². The molecule has 1 aliphatic rings. The number of hydrogen-bond donors (Lipinski definition) is 1. The predicted octanol–water partition coefficient (Wildman–Crippen LogP) is 1.48. The monoisotopic (exact) mass is 166 g/mol. The molecule has 2 heterocycles. The van der Waals surface area contributed by atoms with E-state index >= 15 is 0 Å². The van der Waals surface area contributed by atoms with Gasteiger partial charge in [0.05, 0.1) is 6.26 Å². The molecule has 0 saturated heterocycles. The number of hydrogen-bond acceptors (Lipinski definition) is 3. The zero-order chi connectivity index (χ0) is 8.55. The Bertz CT molecular complexity index is 348. The molecule has 0 fully saturated rings. The highest BCUT2D eigenvalue weighted by molar-refractivity contribution is 5.90. The topological polar surface area (TPSA) is 59.7 Å². The van der Waals surface area contributed by atoms with Crippen LogP contribution in [0.2, 0.25) is 0 Å². The van der Waals surface area contributed by atoms with Crippen molar-refractivity contribution in [3.8, 4) is 0 Å². The summed E-state index contributed by atoms with van der Waals surface area (Å²) in [5, 5.41) is 8.69. The first-order valence-electron chi connectivity index (χ1n) is 3.41. The molecule has 12 heavy (non-hydrogen) atoms. The number of carboxylic acids is 1. The van der Waals surface area contributed by atoms with E-state index < -0.39 is 5.97 Å². The molecule has 1 aromatic rings. The molecule has 0 bridgehead atoms. The Morgan fingerprint density at radius 1 is 1.58 bits per heavy atom. The van der Waals surface area contributed by atoms with Crippen LogP contribution in [0.25, 0.3) is 6.08 Å². The second-order valence-corrected chi connectivity index (χ2v) is 2.41. The fourth-order valence-corrected chi connectivity index (χ4v) is 1.11. The van der Waals surface area contributed by atoms with Crippen LogP contribution >= 0.6 is 0 Å². The van der Waals surface area contributed by atoms with Crippen molar-refractivity contribution in [2.75, 3.05) is 0 Å². The fraction of sp³-hybridized carbons (Fsp3) is 0.125. The first-order valence-corrected chi connectivity index (χ1v) is 3.41. The van der Waals surface area contributed by atoms with Crippen molar-refractivity contribution >= 4 is 12.0 Å². The number of ether oxygens (including phenoxy) is 1. The minimum Gasteiger partial charge on any atom is -0.496 e. The van der Waals surface area contributed by atoms with Gasteiger partial charge < -0.3 is 14.3 Å². The normalized spacial score (nSPS) is 13.7. The highest BCUT2D eigenvalue weighted by atomic mass is 16.5. The maximum Gasteiger partial charge on any atom is 0.339 e. The van der Waals surface area contributed by atoms with Gasteiger partial charge >= 0.3 is 5.97 Å². The molecule has 1 aliphatic heterocycles.